The Hall–Kier alpha value is -3.19. The van der Waals surface area contributed by atoms with Crippen LogP contribution in [0, 0.1) is 0 Å². The highest BCUT2D eigenvalue weighted by atomic mass is 79.9. The number of halogens is 1. The Kier molecular flexibility index (Phi) is 6.84. The highest BCUT2D eigenvalue weighted by Crippen LogP contribution is 2.32. The predicted molar refractivity (Wildman–Crippen MR) is 121 cm³/mol. The number of carbonyl (C=O) groups is 3. The summed E-state index contributed by atoms with van der Waals surface area (Å²) in [6.45, 7) is 1.47. The lowest BCUT2D eigenvalue weighted by Crippen LogP contribution is -2.15. The molecule has 0 saturated heterocycles. The van der Waals surface area contributed by atoms with Gasteiger partial charge >= 0.3 is 5.97 Å². The van der Waals surface area contributed by atoms with Gasteiger partial charge in [-0.25, -0.2) is 4.79 Å². The fourth-order valence-electron chi connectivity index (χ4n) is 3.13. The highest BCUT2D eigenvalue weighted by molar-refractivity contribution is 9.10. The number of para-hydroxylation sites is 1. The van der Waals surface area contributed by atoms with Crippen molar-refractivity contribution in [2.45, 2.75) is 19.8 Å². The van der Waals surface area contributed by atoms with Gasteiger partial charge in [0.25, 0.3) is 0 Å². The molecule has 0 spiro atoms. The van der Waals surface area contributed by atoms with E-state index in [-0.39, 0.29) is 18.2 Å². The first-order chi connectivity index (χ1) is 14.4. The van der Waals surface area contributed by atoms with Gasteiger partial charge in [0, 0.05) is 17.8 Å². The molecule has 3 aromatic carbocycles. The number of benzene rings is 3. The molecule has 0 aromatic heterocycles. The molecule has 7 heteroatoms. The van der Waals surface area contributed by atoms with E-state index in [0.717, 1.165) is 20.8 Å². The summed E-state index contributed by atoms with van der Waals surface area (Å²) in [5.41, 5.74) is 2.48. The number of rotatable bonds is 6. The molecule has 2 N–H and O–H groups in total. The van der Waals surface area contributed by atoms with E-state index in [9.17, 15) is 14.4 Å². The zero-order chi connectivity index (χ0) is 21.7. The van der Waals surface area contributed by atoms with E-state index in [1.54, 1.807) is 24.3 Å². The summed E-state index contributed by atoms with van der Waals surface area (Å²) in [5, 5.41) is 7.55. The van der Waals surface area contributed by atoms with Gasteiger partial charge in [-0.05, 0) is 56.9 Å². The van der Waals surface area contributed by atoms with Crippen molar-refractivity contribution in [1.29, 1.82) is 0 Å². The SMILES string of the molecule is COC(=O)c1ccccc1NC(=O)CCc1ccc2c(Br)c(NC(C)=O)ccc2c1. The fourth-order valence-corrected chi connectivity index (χ4v) is 3.73. The van der Waals surface area contributed by atoms with Crippen molar-refractivity contribution < 1.29 is 19.1 Å². The molecule has 0 fully saturated rings. The standard InChI is InChI=1S/C23H21BrN2O4/c1-14(27)25-20-11-9-16-13-15(7-10-17(16)22(20)24)8-12-21(28)26-19-6-4-3-5-18(19)23(29)30-2/h3-7,9-11,13H,8,12H2,1-2H3,(H,25,27)(H,26,28). The van der Waals surface area contributed by atoms with Gasteiger partial charge in [0.2, 0.25) is 11.8 Å². The van der Waals surface area contributed by atoms with Gasteiger partial charge in [-0.1, -0.05) is 36.4 Å². The predicted octanol–water partition coefficient (Wildman–Crippen LogP) is 4.92. The van der Waals surface area contributed by atoms with E-state index in [1.165, 1.54) is 14.0 Å². The summed E-state index contributed by atoms with van der Waals surface area (Å²) < 4.78 is 5.57. The molecule has 0 heterocycles. The molecule has 3 aromatic rings. The van der Waals surface area contributed by atoms with E-state index >= 15 is 0 Å². The molecule has 0 saturated carbocycles. The van der Waals surface area contributed by atoms with E-state index in [2.05, 4.69) is 26.6 Å². The maximum Gasteiger partial charge on any atom is 0.339 e. The average Bonchev–Trinajstić information content (AvgIpc) is 2.74. The highest BCUT2D eigenvalue weighted by Gasteiger charge is 2.13. The minimum atomic E-state index is -0.496. The number of ether oxygens (including phenoxy) is 1. The lowest BCUT2D eigenvalue weighted by molar-refractivity contribution is -0.116. The number of aryl methyl sites for hydroxylation is 1. The molecule has 2 amide bonds. The number of fused-ring (bicyclic) bond motifs is 1. The van der Waals surface area contributed by atoms with Crippen molar-refractivity contribution in [3.63, 3.8) is 0 Å². The molecule has 0 aliphatic rings. The van der Waals surface area contributed by atoms with Gasteiger partial charge in [0.05, 0.1) is 24.0 Å². The number of carbonyl (C=O) groups excluding carboxylic acids is 3. The molecule has 0 bridgehead atoms. The van der Waals surface area contributed by atoms with Crippen LogP contribution >= 0.6 is 15.9 Å². The first-order valence-corrected chi connectivity index (χ1v) is 10.1. The summed E-state index contributed by atoms with van der Waals surface area (Å²) in [5.74, 6) is -0.815. The second-order valence-electron chi connectivity index (χ2n) is 6.75. The minimum Gasteiger partial charge on any atom is -0.465 e. The van der Waals surface area contributed by atoms with Crippen LogP contribution in [0.4, 0.5) is 11.4 Å². The van der Waals surface area contributed by atoms with Crippen LogP contribution in [0.3, 0.4) is 0 Å². The molecule has 3 rings (SSSR count). The van der Waals surface area contributed by atoms with Crippen molar-refractivity contribution in [1.82, 2.24) is 0 Å². The van der Waals surface area contributed by atoms with Gasteiger partial charge in [-0.2, -0.15) is 0 Å². The van der Waals surface area contributed by atoms with Gasteiger partial charge in [0.1, 0.15) is 0 Å². The van der Waals surface area contributed by atoms with Crippen LogP contribution in [0.25, 0.3) is 10.8 Å². The van der Waals surface area contributed by atoms with E-state index in [0.29, 0.717) is 23.4 Å². The summed E-state index contributed by atoms with van der Waals surface area (Å²) >= 11 is 3.54. The summed E-state index contributed by atoms with van der Waals surface area (Å²) in [4.78, 5) is 35.5. The number of anilines is 2. The van der Waals surface area contributed by atoms with Crippen LogP contribution in [-0.2, 0) is 20.7 Å². The summed E-state index contributed by atoms with van der Waals surface area (Å²) in [6, 6.07) is 16.5. The second kappa shape index (κ2) is 9.54. The summed E-state index contributed by atoms with van der Waals surface area (Å²) in [6.07, 6.45) is 0.819. The third-order valence-electron chi connectivity index (χ3n) is 4.58. The first kappa shape index (κ1) is 21.5. The van der Waals surface area contributed by atoms with Crippen LogP contribution in [0.2, 0.25) is 0 Å². The normalized spacial score (nSPS) is 10.5. The fraction of sp³-hybridized carbons (Fsp3) is 0.174. The Bertz CT molecular complexity index is 1130. The van der Waals surface area contributed by atoms with E-state index in [4.69, 9.17) is 4.74 Å². The zero-order valence-electron chi connectivity index (χ0n) is 16.6. The van der Waals surface area contributed by atoms with Crippen molar-refractivity contribution >= 4 is 55.9 Å². The van der Waals surface area contributed by atoms with Crippen LogP contribution in [0.1, 0.15) is 29.3 Å². The third-order valence-corrected chi connectivity index (χ3v) is 5.43. The van der Waals surface area contributed by atoms with Crippen molar-refractivity contribution in [3.8, 4) is 0 Å². The molecule has 154 valence electrons. The number of methoxy groups -OCH3 is 1. The number of nitrogens with one attached hydrogen (secondary N) is 2. The molecular weight excluding hydrogens is 448 g/mol. The largest absolute Gasteiger partial charge is 0.465 e. The topological polar surface area (TPSA) is 84.5 Å². The monoisotopic (exact) mass is 468 g/mol. The average molecular weight is 469 g/mol. The van der Waals surface area contributed by atoms with Crippen LogP contribution < -0.4 is 10.6 Å². The van der Waals surface area contributed by atoms with Crippen LogP contribution in [0.5, 0.6) is 0 Å². The smallest absolute Gasteiger partial charge is 0.339 e. The first-order valence-electron chi connectivity index (χ1n) is 9.35. The Morgan fingerprint density at radius 2 is 1.73 bits per heavy atom. The Morgan fingerprint density at radius 3 is 2.47 bits per heavy atom. The number of esters is 1. The molecule has 30 heavy (non-hydrogen) atoms. The molecule has 0 unspecified atom stereocenters. The van der Waals surface area contributed by atoms with E-state index in [1.807, 2.05) is 30.3 Å². The van der Waals surface area contributed by atoms with Crippen molar-refractivity contribution in [2.24, 2.45) is 0 Å². The van der Waals surface area contributed by atoms with Crippen molar-refractivity contribution in [3.05, 3.63) is 70.2 Å². The van der Waals surface area contributed by atoms with Gasteiger partial charge in [-0.15, -0.1) is 0 Å². The van der Waals surface area contributed by atoms with Crippen LogP contribution in [0.15, 0.2) is 59.1 Å². The van der Waals surface area contributed by atoms with Crippen molar-refractivity contribution in [2.75, 3.05) is 17.7 Å². The maximum atomic E-state index is 12.4. The second-order valence-corrected chi connectivity index (χ2v) is 7.54. The molecule has 6 nitrogen and oxygen atoms in total. The molecule has 0 aliphatic carbocycles. The number of amides is 2. The molecule has 0 radical (unpaired) electrons. The number of hydrogen-bond acceptors (Lipinski definition) is 4. The van der Waals surface area contributed by atoms with E-state index < -0.39 is 5.97 Å². The maximum absolute atomic E-state index is 12.4. The minimum absolute atomic E-state index is 0.133. The lowest BCUT2D eigenvalue weighted by Gasteiger charge is -2.11. The van der Waals surface area contributed by atoms with Gasteiger partial charge < -0.3 is 15.4 Å². The quantitative estimate of drug-likeness (QED) is 0.502. The Morgan fingerprint density at radius 1 is 0.967 bits per heavy atom. The zero-order valence-corrected chi connectivity index (χ0v) is 18.2. The number of hydrogen-bond donors (Lipinski definition) is 2. The molecule has 0 atom stereocenters. The Balaban J connectivity index is 1.69. The summed E-state index contributed by atoms with van der Waals surface area (Å²) in [7, 11) is 1.30. The Labute approximate surface area is 182 Å². The lowest BCUT2D eigenvalue weighted by atomic mass is 10.0. The molecule has 0 aliphatic heterocycles. The van der Waals surface area contributed by atoms with Gasteiger partial charge in [-0.3, -0.25) is 9.59 Å². The van der Waals surface area contributed by atoms with Gasteiger partial charge in [0.15, 0.2) is 0 Å². The van der Waals surface area contributed by atoms with Crippen LogP contribution in [-0.4, -0.2) is 24.9 Å². The molecular formula is C23H21BrN2O4. The third kappa shape index (κ3) is 5.04.